The molecule has 0 aliphatic carbocycles. The molecule has 0 unspecified atom stereocenters. The third-order valence-electron chi connectivity index (χ3n) is 1.22. The minimum atomic E-state index is 0. The molecular formula is C9H14O2. The van der Waals surface area contributed by atoms with Crippen molar-refractivity contribution in [2.75, 3.05) is 6.61 Å². The molecule has 11 heavy (non-hydrogen) atoms. The summed E-state index contributed by atoms with van der Waals surface area (Å²) >= 11 is 0. The summed E-state index contributed by atoms with van der Waals surface area (Å²) < 4.78 is 5.36. The quantitative estimate of drug-likeness (QED) is 0.652. The van der Waals surface area contributed by atoms with Crippen LogP contribution < -0.4 is 4.74 Å². The molecule has 1 aromatic rings. The summed E-state index contributed by atoms with van der Waals surface area (Å²) in [6, 6.07) is 9.88. The second-order valence-corrected chi connectivity index (χ2v) is 2.16. The number of ether oxygens (including phenoxy) is 1. The van der Waals surface area contributed by atoms with E-state index in [0.717, 1.165) is 18.8 Å². The summed E-state index contributed by atoms with van der Waals surface area (Å²) in [6.07, 6.45) is 1.06. The summed E-state index contributed by atoms with van der Waals surface area (Å²) in [6.45, 7) is 2.91. The van der Waals surface area contributed by atoms with E-state index in [1.54, 1.807) is 0 Å². The highest BCUT2D eigenvalue weighted by molar-refractivity contribution is 5.20. The molecule has 0 radical (unpaired) electrons. The molecule has 0 saturated carbocycles. The number of para-hydroxylation sites is 1. The predicted octanol–water partition coefficient (Wildman–Crippen LogP) is 1.65. The Labute approximate surface area is 67.1 Å². The van der Waals surface area contributed by atoms with Gasteiger partial charge in [-0.3, -0.25) is 0 Å². The molecule has 0 bridgehead atoms. The first kappa shape index (κ1) is 9.98. The minimum absolute atomic E-state index is 0. The largest absolute Gasteiger partial charge is 0.494 e. The zero-order chi connectivity index (χ0) is 7.23. The average molecular weight is 154 g/mol. The monoisotopic (exact) mass is 154 g/mol. The van der Waals surface area contributed by atoms with E-state index in [1.165, 1.54) is 0 Å². The molecule has 0 aliphatic rings. The Bertz CT molecular complexity index is 172. The zero-order valence-corrected chi connectivity index (χ0v) is 6.71. The van der Waals surface area contributed by atoms with E-state index < -0.39 is 0 Å². The predicted molar refractivity (Wildman–Crippen MR) is 45.8 cm³/mol. The summed E-state index contributed by atoms with van der Waals surface area (Å²) in [4.78, 5) is 0. The van der Waals surface area contributed by atoms with Crippen LogP contribution in [0.2, 0.25) is 0 Å². The van der Waals surface area contributed by atoms with Crippen LogP contribution in [0.25, 0.3) is 0 Å². The Hall–Kier alpha value is -1.02. The highest BCUT2D eigenvalue weighted by atomic mass is 16.5. The van der Waals surface area contributed by atoms with Gasteiger partial charge in [-0.25, -0.2) is 0 Å². The molecule has 0 spiro atoms. The molecule has 0 amide bonds. The van der Waals surface area contributed by atoms with Crippen molar-refractivity contribution in [3.8, 4) is 5.75 Å². The first-order chi connectivity index (χ1) is 4.93. The van der Waals surface area contributed by atoms with Crippen molar-refractivity contribution < 1.29 is 10.2 Å². The van der Waals surface area contributed by atoms with Gasteiger partial charge in [0.15, 0.2) is 0 Å². The minimum Gasteiger partial charge on any atom is -0.494 e. The third-order valence-corrected chi connectivity index (χ3v) is 1.22. The standard InChI is InChI=1S/C9H12O.H2O/c1-2-8-10-9-6-4-3-5-7-9;/h3-7H,2,8H2,1H3;1H2. The van der Waals surface area contributed by atoms with E-state index in [2.05, 4.69) is 6.92 Å². The lowest BCUT2D eigenvalue weighted by atomic mass is 10.3. The smallest absolute Gasteiger partial charge is 0.119 e. The molecule has 0 aromatic heterocycles. The van der Waals surface area contributed by atoms with Crippen LogP contribution in [0.1, 0.15) is 13.3 Å². The summed E-state index contributed by atoms with van der Waals surface area (Å²) in [5, 5.41) is 0. The Morgan fingerprint density at radius 2 is 1.82 bits per heavy atom. The lowest BCUT2D eigenvalue weighted by Crippen LogP contribution is -1.93. The molecule has 2 nitrogen and oxygen atoms in total. The van der Waals surface area contributed by atoms with Crippen molar-refractivity contribution in [2.45, 2.75) is 13.3 Å². The van der Waals surface area contributed by atoms with Gasteiger partial charge in [-0.2, -0.15) is 0 Å². The van der Waals surface area contributed by atoms with Gasteiger partial charge in [-0.05, 0) is 18.6 Å². The van der Waals surface area contributed by atoms with Crippen LogP contribution in [-0.2, 0) is 0 Å². The second-order valence-electron chi connectivity index (χ2n) is 2.16. The Morgan fingerprint density at radius 1 is 1.18 bits per heavy atom. The van der Waals surface area contributed by atoms with Gasteiger partial charge in [-0.15, -0.1) is 0 Å². The highest BCUT2D eigenvalue weighted by Gasteiger charge is 1.86. The summed E-state index contributed by atoms with van der Waals surface area (Å²) in [5.74, 6) is 0.962. The topological polar surface area (TPSA) is 40.7 Å². The van der Waals surface area contributed by atoms with Gasteiger partial charge in [0.05, 0.1) is 6.61 Å². The molecule has 1 rings (SSSR count). The van der Waals surface area contributed by atoms with Crippen molar-refractivity contribution in [1.82, 2.24) is 0 Å². The number of rotatable bonds is 3. The Balaban J connectivity index is 0.000001000. The van der Waals surface area contributed by atoms with Crippen LogP contribution in [0, 0.1) is 0 Å². The lowest BCUT2D eigenvalue weighted by molar-refractivity contribution is 0.317. The van der Waals surface area contributed by atoms with E-state index >= 15 is 0 Å². The molecular weight excluding hydrogens is 140 g/mol. The maximum atomic E-state index is 5.36. The van der Waals surface area contributed by atoms with E-state index in [9.17, 15) is 0 Å². The van der Waals surface area contributed by atoms with Crippen molar-refractivity contribution in [1.29, 1.82) is 0 Å². The van der Waals surface area contributed by atoms with Gasteiger partial charge in [-0.1, -0.05) is 25.1 Å². The normalized spacial score (nSPS) is 8.45. The van der Waals surface area contributed by atoms with Crippen LogP contribution in [-0.4, -0.2) is 12.1 Å². The highest BCUT2D eigenvalue weighted by Crippen LogP contribution is 2.07. The van der Waals surface area contributed by atoms with Gasteiger partial charge in [0.2, 0.25) is 0 Å². The summed E-state index contributed by atoms with van der Waals surface area (Å²) in [7, 11) is 0. The maximum Gasteiger partial charge on any atom is 0.119 e. The zero-order valence-electron chi connectivity index (χ0n) is 6.71. The molecule has 0 aliphatic heterocycles. The van der Waals surface area contributed by atoms with E-state index in [-0.39, 0.29) is 5.48 Å². The first-order valence-electron chi connectivity index (χ1n) is 3.61. The van der Waals surface area contributed by atoms with Crippen LogP contribution in [0.15, 0.2) is 30.3 Å². The van der Waals surface area contributed by atoms with E-state index in [1.807, 2.05) is 30.3 Å². The van der Waals surface area contributed by atoms with Crippen LogP contribution in [0.5, 0.6) is 5.75 Å². The van der Waals surface area contributed by atoms with Gasteiger partial charge >= 0.3 is 0 Å². The van der Waals surface area contributed by atoms with Crippen molar-refractivity contribution in [3.05, 3.63) is 30.3 Å². The molecule has 0 saturated heterocycles. The lowest BCUT2D eigenvalue weighted by Gasteiger charge is -2.01. The van der Waals surface area contributed by atoms with Crippen LogP contribution >= 0.6 is 0 Å². The maximum absolute atomic E-state index is 5.36. The van der Waals surface area contributed by atoms with Gasteiger partial charge in [0.1, 0.15) is 5.75 Å². The molecule has 0 fully saturated rings. The number of benzene rings is 1. The van der Waals surface area contributed by atoms with Crippen LogP contribution in [0.3, 0.4) is 0 Å². The van der Waals surface area contributed by atoms with Crippen molar-refractivity contribution in [3.63, 3.8) is 0 Å². The van der Waals surface area contributed by atoms with Crippen molar-refractivity contribution in [2.24, 2.45) is 0 Å². The third kappa shape index (κ3) is 3.63. The van der Waals surface area contributed by atoms with Gasteiger partial charge in [0, 0.05) is 0 Å². The van der Waals surface area contributed by atoms with Gasteiger partial charge < -0.3 is 10.2 Å². The van der Waals surface area contributed by atoms with E-state index in [4.69, 9.17) is 4.74 Å². The van der Waals surface area contributed by atoms with Crippen LogP contribution in [0.4, 0.5) is 0 Å². The Kier molecular flexibility index (Phi) is 5.21. The summed E-state index contributed by atoms with van der Waals surface area (Å²) in [5.41, 5.74) is 0. The first-order valence-corrected chi connectivity index (χ1v) is 3.61. The molecule has 0 heterocycles. The molecule has 62 valence electrons. The second kappa shape index (κ2) is 5.74. The molecule has 0 atom stereocenters. The van der Waals surface area contributed by atoms with Gasteiger partial charge in [0.25, 0.3) is 0 Å². The van der Waals surface area contributed by atoms with E-state index in [0.29, 0.717) is 0 Å². The fraction of sp³-hybridized carbons (Fsp3) is 0.333. The fourth-order valence-corrected chi connectivity index (χ4v) is 0.737. The molecule has 1 aromatic carbocycles. The number of hydrogen-bond acceptors (Lipinski definition) is 1. The molecule has 2 N–H and O–H groups in total. The average Bonchev–Trinajstić information content (AvgIpc) is 2.03. The SMILES string of the molecule is CCCOc1ccccc1.O. The molecule has 2 heteroatoms. The number of hydrogen-bond donors (Lipinski definition) is 0. The van der Waals surface area contributed by atoms with Crippen molar-refractivity contribution >= 4 is 0 Å². The Morgan fingerprint density at radius 3 is 2.36 bits per heavy atom. The fourth-order valence-electron chi connectivity index (χ4n) is 0.737.